The van der Waals surface area contributed by atoms with Gasteiger partial charge in [0.2, 0.25) is 0 Å². The number of aromatic amines is 1. The van der Waals surface area contributed by atoms with Gasteiger partial charge in [0.1, 0.15) is 30.4 Å². The van der Waals surface area contributed by atoms with Crippen molar-refractivity contribution in [2.75, 3.05) is 5.32 Å². The molecule has 0 spiro atoms. The van der Waals surface area contributed by atoms with Gasteiger partial charge in [0.15, 0.2) is 0 Å². The number of amides is 1. The van der Waals surface area contributed by atoms with Crippen LogP contribution in [-0.4, -0.2) is 15.9 Å². The summed E-state index contributed by atoms with van der Waals surface area (Å²) in [5.74, 6) is 1.04. The number of hydrogen-bond acceptors (Lipinski definition) is 4. The Morgan fingerprint density at radius 3 is 2.16 bits per heavy atom. The minimum Gasteiger partial charge on any atom is -0.488 e. The fourth-order valence-corrected chi connectivity index (χ4v) is 4.13. The lowest BCUT2D eigenvalue weighted by Gasteiger charge is -2.19. The number of H-pyrrole nitrogens is 1. The van der Waals surface area contributed by atoms with E-state index >= 15 is 0 Å². The van der Waals surface area contributed by atoms with E-state index in [2.05, 4.69) is 29.1 Å². The van der Waals surface area contributed by atoms with Crippen molar-refractivity contribution in [3.05, 3.63) is 120 Å². The molecule has 5 aromatic rings. The molecular formula is C31H29N3O3. The number of carbonyl (C=O) groups excluding carboxylic acids is 1. The number of rotatable bonds is 9. The fraction of sp³-hybridized carbons (Fsp3) is 0.161. The Kier molecular flexibility index (Phi) is 7.17. The van der Waals surface area contributed by atoms with Crippen LogP contribution in [0.15, 0.2) is 97.3 Å². The van der Waals surface area contributed by atoms with Gasteiger partial charge in [-0.25, -0.2) is 4.98 Å². The minimum absolute atomic E-state index is 0.137. The maximum Gasteiger partial charge on any atom is 0.259 e. The van der Waals surface area contributed by atoms with E-state index in [1.54, 1.807) is 6.20 Å². The minimum atomic E-state index is -0.267. The van der Waals surface area contributed by atoms with Crippen LogP contribution in [0.4, 0.5) is 5.69 Å². The van der Waals surface area contributed by atoms with Crippen LogP contribution in [0.1, 0.15) is 46.8 Å². The van der Waals surface area contributed by atoms with Gasteiger partial charge in [-0.1, -0.05) is 74.5 Å². The Morgan fingerprint density at radius 2 is 1.51 bits per heavy atom. The van der Waals surface area contributed by atoms with Crippen molar-refractivity contribution in [1.82, 2.24) is 9.97 Å². The molecule has 2 aromatic heterocycles. The van der Waals surface area contributed by atoms with Crippen LogP contribution in [0, 0.1) is 0 Å². The molecular weight excluding hydrogens is 462 g/mol. The van der Waals surface area contributed by atoms with Gasteiger partial charge in [0.25, 0.3) is 5.91 Å². The zero-order valence-electron chi connectivity index (χ0n) is 20.9. The maximum absolute atomic E-state index is 13.5. The van der Waals surface area contributed by atoms with Crippen LogP contribution in [0.5, 0.6) is 11.5 Å². The lowest BCUT2D eigenvalue weighted by Crippen LogP contribution is -2.15. The van der Waals surface area contributed by atoms with Gasteiger partial charge >= 0.3 is 0 Å². The zero-order chi connectivity index (χ0) is 25.6. The molecule has 0 unspecified atom stereocenters. The quantitative estimate of drug-likeness (QED) is 0.231. The van der Waals surface area contributed by atoms with Gasteiger partial charge in [-0.15, -0.1) is 0 Å². The highest BCUT2D eigenvalue weighted by molar-refractivity contribution is 6.07. The van der Waals surface area contributed by atoms with Crippen LogP contribution < -0.4 is 14.8 Å². The first kappa shape index (κ1) is 24.1. The highest BCUT2D eigenvalue weighted by atomic mass is 16.5. The summed E-state index contributed by atoms with van der Waals surface area (Å²) in [6.07, 6.45) is 3.46. The fourth-order valence-electron chi connectivity index (χ4n) is 4.13. The Hall–Kier alpha value is -4.58. The monoisotopic (exact) mass is 491 g/mol. The Labute approximate surface area is 216 Å². The molecule has 2 N–H and O–H groups in total. The van der Waals surface area contributed by atoms with Crippen LogP contribution >= 0.6 is 0 Å². The molecule has 0 saturated heterocycles. The second-order valence-electron chi connectivity index (χ2n) is 9.18. The number of benzene rings is 3. The first-order chi connectivity index (χ1) is 18.1. The Morgan fingerprint density at radius 1 is 0.865 bits per heavy atom. The molecule has 0 aliphatic heterocycles. The third kappa shape index (κ3) is 5.81. The maximum atomic E-state index is 13.5. The molecule has 0 bridgehead atoms. The molecule has 186 valence electrons. The summed E-state index contributed by atoms with van der Waals surface area (Å²) < 4.78 is 12.5. The van der Waals surface area contributed by atoms with Gasteiger partial charge < -0.3 is 19.8 Å². The molecule has 2 heterocycles. The van der Waals surface area contributed by atoms with E-state index in [1.165, 1.54) is 0 Å². The van der Waals surface area contributed by atoms with Crippen molar-refractivity contribution in [2.45, 2.75) is 33.0 Å². The number of nitrogens with one attached hydrogen (secondary N) is 2. The van der Waals surface area contributed by atoms with Crippen LogP contribution in [-0.2, 0) is 13.2 Å². The summed E-state index contributed by atoms with van der Waals surface area (Å²) in [5, 5.41) is 3.91. The Balaban J connectivity index is 1.47. The number of ether oxygens (including phenoxy) is 2. The number of pyridine rings is 1. The molecule has 3 aromatic carbocycles. The standard InChI is InChI=1S/C31H29N3O3/c1-21(2)26-16-27(31(35)34-25-15-24-13-14-32-30(24)33-18-25)29(37-20-23-11-7-4-8-12-23)17-28(26)36-19-22-9-5-3-6-10-22/h3-18,21H,19-20H2,1-2H3,(H,32,33)(H,34,35). The smallest absolute Gasteiger partial charge is 0.259 e. The molecule has 6 nitrogen and oxygen atoms in total. The normalized spacial score (nSPS) is 11.0. The molecule has 1 amide bonds. The largest absolute Gasteiger partial charge is 0.488 e. The predicted molar refractivity (Wildman–Crippen MR) is 146 cm³/mol. The van der Waals surface area contributed by atoms with E-state index in [-0.39, 0.29) is 11.8 Å². The number of anilines is 1. The van der Waals surface area contributed by atoms with E-state index in [9.17, 15) is 4.79 Å². The molecule has 0 saturated carbocycles. The predicted octanol–water partition coefficient (Wildman–Crippen LogP) is 7.10. The topological polar surface area (TPSA) is 76.2 Å². The SMILES string of the molecule is CC(C)c1cc(C(=O)Nc2cnc3[nH]ccc3c2)c(OCc2ccccc2)cc1OCc1ccccc1. The average molecular weight is 492 g/mol. The number of hydrogen-bond donors (Lipinski definition) is 2. The molecule has 0 fully saturated rings. The summed E-state index contributed by atoms with van der Waals surface area (Å²) in [6.45, 7) is 4.92. The summed E-state index contributed by atoms with van der Waals surface area (Å²) >= 11 is 0. The summed E-state index contributed by atoms with van der Waals surface area (Å²) in [6, 6.07) is 27.4. The molecule has 37 heavy (non-hydrogen) atoms. The van der Waals surface area contributed by atoms with E-state index in [4.69, 9.17) is 9.47 Å². The van der Waals surface area contributed by atoms with E-state index < -0.39 is 0 Å². The first-order valence-corrected chi connectivity index (χ1v) is 12.3. The first-order valence-electron chi connectivity index (χ1n) is 12.3. The number of carbonyl (C=O) groups is 1. The second-order valence-corrected chi connectivity index (χ2v) is 9.18. The summed E-state index contributed by atoms with van der Waals surface area (Å²) in [5.41, 5.74) is 4.84. The van der Waals surface area contributed by atoms with Crippen LogP contribution in [0.3, 0.4) is 0 Å². The van der Waals surface area contributed by atoms with Gasteiger partial charge in [-0.2, -0.15) is 0 Å². The molecule has 5 rings (SSSR count). The van der Waals surface area contributed by atoms with Crippen molar-refractivity contribution in [3.63, 3.8) is 0 Å². The van der Waals surface area contributed by atoms with Crippen molar-refractivity contribution in [3.8, 4) is 11.5 Å². The van der Waals surface area contributed by atoms with E-state index in [1.807, 2.05) is 91.1 Å². The molecule has 0 atom stereocenters. The highest BCUT2D eigenvalue weighted by Gasteiger charge is 2.20. The number of aromatic nitrogens is 2. The van der Waals surface area contributed by atoms with E-state index in [0.29, 0.717) is 36.0 Å². The van der Waals surface area contributed by atoms with E-state index in [0.717, 1.165) is 27.7 Å². The number of fused-ring (bicyclic) bond motifs is 1. The third-order valence-electron chi connectivity index (χ3n) is 6.11. The third-order valence-corrected chi connectivity index (χ3v) is 6.11. The van der Waals surface area contributed by atoms with Crippen molar-refractivity contribution < 1.29 is 14.3 Å². The summed E-state index contributed by atoms with van der Waals surface area (Å²) in [4.78, 5) is 21.0. The molecule has 0 radical (unpaired) electrons. The van der Waals surface area contributed by atoms with Gasteiger partial charge in [-0.05, 0) is 40.8 Å². The zero-order valence-corrected chi connectivity index (χ0v) is 20.9. The van der Waals surface area contributed by atoms with Gasteiger partial charge in [0.05, 0.1) is 17.4 Å². The molecule has 0 aliphatic rings. The van der Waals surface area contributed by atoms with Crippen molar-refractivity contribution in [2.24, 2.45) is 0 Å². The molecule has 6 heteroatoms. The van der Waals surface area contributed by atoms with Gasteiger partial charge in [0, 0.05) is 17.6 Å². The van der Waals surface area contributed by atoms with Gasteiger partial charge in [-0.3, -0.25) is 4.79 Å². The Bertz CT molecular complexity index is 1490. The lowest BCUT2D eigenvalue weighted by molar-refractivity contribution is 0.102. The number of nitrogens with zero attached hydrogens (tertiary/aromatic N) is 1. The highest BCUT2D eigenvalue weighted by Crippen LogP contribution is 2.35. The second kappa shape index (κ2) is 11.0. The van der Waals surface area contributed by atoms with Crippen LogP contribution in [0.25, 0.3) is 11.0 Å². The lowest BCUT2D eigenvalue weighted by atomic mass is 9.98. The average Bonchev–Trinajstić information content (AvgIpc) is 3.39. The molecule has 0 aliphatic carbocycles. The van der Waals surface area contributed by atoms with Crippen LogP contribution in [0.2, 0.25) is 0 Å². The summed E-state index contributed by atoms with van der Waals surface area (Å²) in [7, 11) is 0. The van der Waals surface area contributed by atoms with Crippen molar-refractivity contribution >= 4 is 22.6 Å². The van der Waals surface area contributed by atoms with Crippen molar-refractivity contribution in [1.29, 1.82) is 0 Å².